The number of likely N-dealkylation sites (N-methyl/N-ethyl adjacent to an activating group) is 1. The Bertz CT molecular complexity index is 1220. The first-order chi connectivity index (χ1) is 16.0. The summed E-state index contributed by atoms with van der Waals surface area (Å²) in [6.07, 6.45) is 0.957. The Kier molecular flexibility index (Phi) is 7.31. The number of halogens is 3. The Morgan fingerprint density at radius 3 is 2.56 bits per heavy atom. The van der Waals surface area contributed by atoms with Crippen molar-refractivity contribution in [3.8, 4) is 11.1 Å². The summed E-state index contributed by atoms with van der Waals surface area (Å²) in [6, 6.07) is 4.96. The summed E-state index contributed by atoms with van der Waals surface area (Å²) in [5.41, 5.74) is 0.425. The number of nitrogens with one attached hydrogen (secondary N) is 1. The van der Waals surface area contributed by atoms with Gasteiger partial charge >= 0.3 is 12.0 Å². The number of nitrogens with zero attached hydrogens (tertiary/aromatic N) is 2. The van der Waals surface area contributed by atoms with E-state index in [2.05, 4.69) is 5.32 Å². The van der Waals surface area contributed by atoms with E-state index in [1.165, 1.54) is 49.3 Å². The van der Waals surface area contributed by atoms with Crippen molar-refractivity contribution in [3.63, 3.8) is 0 Å². The fraction of sp³-hybridized carbons (Fsp3) is 0.217. The van der Waals surface area contributed by atoms with Crippen molar-refractivity contribution in [3.05, 3.63) is 64.8 Å². The molecule has 0 aromatic heterocycles. The van der Waals surface area contributed by atoms with Gasteiger partial charge in [-0.3, -0.25) is 19.3 Å². The molecule has 0 radical (unpaired) electrons. The zero-order valence-corrected chi connectivity index (χ0v) is 18.9. The number of ketones is 1. The van der Waals surface area contributed by atoms with Gasteiger partial charge in [0.05, 0.1) is 11.4 Å². The predicted molar refractivity (Wildman–Crippen MR) is 120 cm³/mol. The molecule has 0 fully saturated rings. The largest absolute Gasteiger partial charge is 0.481 e. The van der Waals surface area contributed by atoms with Crippen molar-refractivity contribution in [1.82, 2.24) is 10.2 Å². The highest BCUT2D eigenvalue weighted by Gasteiger charge is 2.41. The van der Waals surface area contributed by atoms with E-state index >= 15 is 0 Å². The van der Waals surface area contributed by atoms with E-state index < -0.39 is 41.4 Å². The number of hydrogen-bond acceptors (Lipinski definition) is 4. The van der Waals surface area contributed by atoms with Crippen molar-refractivity contribution in [1.29, 1.82) is 0 Å². The van der Waals surface area contributed by atoms with E-state index in [4.69, 9.17) is 16.7 Å². The summed E-state index contributed by atoms with van der Waals surface area (Å²) in [6.45, 7) is 1.23. The lowest BCUT2D eigenvalue weighted by atomic mass is 9.98. The van der Waals surface area contributed by atoms with Gasteiger partial charge in [-0.25, -0.2) is 13.6 Å². The molecular weight excluding hydrogens is 472 g/mol. The molecular formula is C23H20ClF2N3O5. The normalized spacial score (nSPS) is 15.7. The first-order valence-electron chi connectivity index (χ1n) is 10.0. The molecule has 1 heterocycles. The van der Waals surface area contributed by atoms with E-state index in [1.807, 2.05) is 0 Å². The Balaban J connectivity index is 2.09. The zero-order chi connectivity index (χ0) is 25.2. The molecule has 0 saturated heterocycles. The lowest BCUT2D eigenvalue weighted by molar-refractivity contribution is -0.137. The first-order valence-corrected chi connectivity index (χ1v) is 10.4. The molecule has 1 atom stereocenters. The van der Waals surface area contributed by atoms with Crippen molar-refractivity contribution < 1.29 is 33.1 Å². The molecule has 0 saturated carbocycles. The molecule has 8 nitrogen and oxygen atoms in total. The van der Waals surface area contributed by atoms with Gasteiger partial charge in [-0.1, -0.05) is 23.7 Å². The molecule has 0 aliphatic carbocycles. The average Bonchev–Trinajstić information content (AvgIpc) is 2.77. The number of benzene rings is 2. The highest BCUT2D eigenvalue weighted by Crippen LogP contribution is 2.32. The smallest absolute Gasteiger partial charge is 0.323 e. The van der Waals surface area contributed by atoms with Crippen LogP contribution in [0.4, 0.5) is 19.3 Å². The third kappa shape index (κ3) is 5.07. The molecule has 2 aromatic carbocycles. The van der Waals surface area contributed by atoms with Crippen LogP contribution in [0.2, 0.25) is 5.02 Å². The zero-order valence-electron chi connectivity index (χ0n) is 18.1. The fourth-order valence-corrected chi connectivity index (χ4v) is 3.64. The highest BCUT2D eigenvalue weighted by atomic mass is 35.5. The van der Waals surface area contributed by atoms with Crippen molar-refractivity contribution >= 4 is 41.0 Å². The Morgan fingerprint density at radius 1 is 1.18 bits per heavy atom. The molecule has 2 aromatic rings. The minimum absolute atomic E-state index is 0.0555. The lowest BCUT2D eigenvalue weighted by Crippen LogP contribution is -2.58. The first kappa shape index (κ1) is 24.8. The van der Waals surface area contributed by atoms with Gasteiger partial charge in [0.15, 0.2) is 11.8 Å². The van der Waals surface area contributed by atoms with Gasteiger partial charge in [0.2, 0.25) is 0 Å². The quantitative estimate of drug-likeness (QED) is 0.474. The number of Topliss-reactive ketones (excluding diaryl/α,β-unsaturated/α-hetero) is 1. The molecule has 0 spiro atoms. The SMILES string of the molecule is CC1=CN(C)C(=O)C(N(C(=O)NCCC(=O)O)c2cccc(-c3cc(Cl)c(F)cc3F)c2)C1=O. The minimum atomic E-state index is -1.57. The van der Waals surface area contributed by atoms with Crippen molar-refractivity contribution in [2.24, 2.45) is 0 Å². The second-order valence-electron chi connectivity index (χ2n) is 7.57. The van der Waals surface area contributed by atoms with Gasteiger partial charge < -0.3 is 15.3 Å². The van der Waals surface area contributed by atoms with Crippen LogP contribution in [-0.2, 0) is 14.4 Å². The molecule has 178 valence electrons. The second kappa shape index (κ2) is 10.0. The van der Waals surface area contributed by atoms with E-state index in [0.717, 1.165) is 11.0 Å². The number of carbonyl (C=O) groups is 4. The molecule has 3 rings (SSSR count). The maximum absolute atomic E-state index is 14.5. The van der Waals surface area contributed by atoms with Gasteiger partial charge in [-0.05, 0) is 30.7 Å². The monoisotopic (exact) mass is 491 g/mol. The van der Waals surface area contributed by atoms with Crippen LogP contribution in [-0.4, -0.2) is 53.3 Å². The predicted octanol–water partition coefficient (Wildman–Crippen LogP) is 3.59. The molecule has 3 amide bonds. The van der Waals surface area contributed by atoms with Crippen LogP contribution >= 0.6 is 11.6 Å². The summed E-state index contributed by atoms with van der Waals surface area (Å²) in [5, 5.41) is 10.9. The van der Waals surface area contributed by atoms with Crippen LogP contribution in [0.25, 0.3) is 11.1 Å². The Labute approximate surface area is 198 Å². The summed E-state index contributed by atoms with van der Waals surface area (Å²) in [7, 11) is 1.43. The van der Waals surface area contributed by atoms with Gasteiger partial charge in [-0.2, -0.15) is 0 Å². The summed E-state index contributed by atoms with van der Waals surface area (Å²) < 4.78 is 28.1. The van der Waals surface area contributed by atoms with Crippen molar-refractivity contribution in [2.45, 2.75) is 19.4 Å². The van der Waals surface area contributed by atoms with Gasteiger partial charge in [0.1, 0.15) is 11.6 Å². The number of amides is 3. The topological polar surface area (TPSA) is 107 Å². The third-order valence-corrected chi connectivity index (χ3v) is 5.43. The molecule has 0 bridgehead atoms. The number of rotatable bonds is 6. The van der Waals surface area contributed by atoms with Crippen LogP contribution < -0.4 is 10.2 Å². The maximum Gasteiger partial charge on any atom is 0.323 e. The average molecular weight is 492 g/mol. The van der Waals surface area contributed by atoms with Crippen LogP contribution in [0, 0.1) is 11.6 Å². The lowest BCUT2D eigenvalue weighted by Gasteiger charge is -2.34. The number of anilines is 1. The number of aliphatic carboxylic acids is 1. The Hall–Kier alpha value is -3.79. The summed E-state index contributed by atoms with van der Waals surface area (Å²) in [4.78, 5) is 51.8. The van der Waals surface area contributed by atoms with E-state index in [0.29, 0.717) is 6.07 Å². The number of urea groups is 1. The van der Waals surface area contributed by atoms with Crippen molar-refractivity contribution in [2.75, 3.05) is 18.5 Å². The van der Waals surface area contributed by atoms with Crippen LogP contribution in [0.3, 0.4) is 0 Å². The number of hydrogen-bond donors (Lipinski definition) is 2. The molecule has 11 heteroatoms. The van der Waals surface area contributed by atoms with Crippen LogP contribution in [0.1, 0.15) is 13.3 Å². The molecule has 1 aliphatic heterocycles. The van der Waals surface area contributed by atoms with Crippen LogP contribution in [0.15, 0.2) is 48.2 Å². The third-order valence-electron chi connectivity index (χ3n) is 5.14. The standard InChI is InChI=1S/C23H20ClF2N3O5/c1-12-11-28(2)22(33)20(21(12)32)29(23(34)27-7-6-19(30)31)14-5-3-4-13(8-14)15-9-16(24)18(26)10-17(15)25/h3-5,8-11,20H,6-7H2,1-2H3,(H,27,34)(H,30,31). The number of carboxylic acids is 1. The molecule has 2 N–H and O–H groups in total. The van der Waals surface area contributed by atoms with E-state index in [9.17, 15) is 28.0 Å². The number of carbonyl (C=O) groups excluding carboxylic acids is 3. The molecule has 34 heavy (non-hydrogen) atoms. The maximum atomic E-state index is 14.5. The molecule has 1 aliphatic rings. The Morgan fingerprint density at radius 2 is 1.88 bits per heavy atom. The summed E-state index contributed by atoms with van der Waals surface area (Å²) in [5.74, 6) is -4.31. The second-order valence-corrected chi connectivity index (χ2v) is 7.98. The van der Waals surface area contributed by atoms with E-state index in [-0.39, 0.29) is 40.4 Å². The molecule has 1 unspecified atom stereocenters. The highest BCUT2D eigenvalue weighted by molar-refractivity contribution is 6.31. The minimum Gasteiger partial charge on any atom is -0.481 e. The van der Waals surface area contributed by atoms with Gasteiger partial charge in [0.25, 0.3) is 5.91 Å². The van der Waals surface area contributed by atoms with Gasteiger partial charge in [-0.15, -0.1) is 0 Å². The van der Waals surface area contributed by atoms with E-state index in [1.54, 1.807) is 0 Å². The fourth-order valence-electron chi connectivity index (χ4n) is 3.48. The summed E-state index contributed by atoms with van der Waals surface area (Å²) >= 11 is 5.80. The van der Waals surface area contributed by atoms with Gasteiger partial charge in [0, 0.05) is 42.7 Å². The van der Waals surface area contributed by atoms with Crippen LogP contribution in [0.5, 0.6) is 0 Å². The number of carboxylic acid groups (broad SMARTS) is 1.